The van der Waals surface area contributed by atoms with Gasteiger partial charge < -0.3 is 9.80 Å². The van der Waals surface area contributed by atoms with Gasteiger partial charge in [-0.1, -0.05) is 125 Å². The van der Waals surface area contributed by atoms with Crippen LogP contribution in [0.2, 0.25) is 0 Å². The number of nitrogens with zero attached hydrogens (tertiary/aromatic N) is 2. The molecule has 4 aromatic carbocycles. The van der Waals surface area contributed by atoms with Crippen LogP contribution in [0.15, 0.2) is 121 Å². The molecule has 0 saturated carbocycles. The Kier molecular flexibility index (Phi) is 6.90. The lowest BCUT2D eigenvalue weighted by molar-refractivity contribution is 0.481. The minimum absolute atomic E-state index is 0.0215. The Morgan fingerprint density at radius 3 is 1.88 bits per heavy atom. The number of hydrogen-bond donors (Lipinski definition) is 0. The molecule has 2 aliphatic heterocycles. The molecule has 0 bridgehead atoms. The maximum absolute atomic E-state index is 2.55. The Morgan fingerprint density at radius 1 is 0.634 bits per heavy atom. The highest BCUT2D eigenvalue weighted by Gasteiger charge is 2.43. The normalized spacial score (nSPS) is 20.4. The van der Waals surface area contributed by atoms with Gasteiger partial charge in [-0.05, 0) is 64.7 Å². The van der Waals surface area contributed by atoms with Crippen molar-refractivity contribution in [3.8, 4) is 0 Å². The zero-order valence-electron chi connectivity index (χ0n) is 25.4. The SMILES string of the molecule is CCN1/C(=C/C=C/C=C/C=C/C2N(CC)c3ccc4ccccc4c3C2(C)C)C(C)(C)c2c1ccc1ccccc21. The van der Waals surface area contributed by atoms with Crippen LogP contribution in [0.3, 0.4) is 0 Å². The van der Waals surface area contributed by atoms with E-state index in [1.54, 1.807) is 0 Å². The van der Waals surface area contributed by atoms with Crippen molar-refractivity contribution < 1.29 is 0 Å². The van der Waals surface area contributed by atoms with Gasteiger partial charge in [-0.3, -0.25) is 0 Å². The number of likely N-dealkylation sites (N-methyl/N-ethyl adjacent to an activating group) is 2. The Labute approximate surface area is 246 Å². The van der Waals surface area contributed by atoms with Gasteiger partial charge in [0.15, 0.2) is 0 Å². The summed E-state index contributed by atoms with van der Waals surface area (Å²) in [5.74, 6) is 0. The highest BCUT2D eigenvalue weighted by atomic mass is 15.2. The first kappa shape index (κ1) is 27.1. The predicted octanol–water partition coefficient (Wildman–Crippen LogP) is 9.85. The van der Waals surface area contributed by atoms with Gasteiger partial charge in [-0.2, -0.15) is 0 Å². The van der Waals surface area contributed by atoms with Gasteiger partial charge in [0.1, 0.15) is 0 Å². The van der Waals surface area contributed by atoms with E-state index < -0.39 is 0 Å². The second-order valence-electron chi connectivity index (χ2n) is 12.4. The molecule has 6 rings (SSSR count). The van der Waals surface area contributed by atoms with Crippen molar-refractivity contribution in [2.24, 2.45) is 0 Å². The minimum atomic E-state index is -0.0585. The Bertz CT molecular complexity index is 1730. The summed E-state index contributed by atoms with van der Waals surface area (Å²) in [5.41, 5.74) is 6.92. The van der Waals surface area contributed by atoms with E-state index in [-0.39, 0.29) is 10.8 Å². The van der Waals surface area contributed by atoms with Gasteiger partial charge in [0.25, 0.3) is 0 Å². The summed E-state index contributed by atoms with van der Waals surface area (Å²) in [6.07, 6.45) is 15.6. The van der Waals surface area contributed by atoms with Gasteiger partial charge in [-0.25, -0.2) is 0 Å². The average molecular weight is 539 g/mol. The van der Waals surface area contributed by atoms with Crippen molar-refractivity contribution in [1.82, 2.24) is 0 Å². The largest absolute Gasteiger partial charge is 0.364 e. The van der Waals surface area contributed by atoms with Crippen LogP contribution in [0.4, 0.5) is 11.4 Å². The number of rotatable bonds is 6. The molecule has 2 heterocycles. The molecule has 1 unspecified atom stereocenters. The van der Waals surface area contributed by atoms with E-state index in [1.165, 1.54) is 49.7 Å². The highest BCUT2D eigenvalue weighted by Crippen LogP contribution is 2.51. The fourth-order valence-electron chi connectivity index (χ4n) is 7.46. The molecule has 0 radical (unpaired) electrons. The predicted molar refractivity (Wildman–Crippen MR) is 179 cm³/mol. The average Bonchev–Trinajstić information content (AvgIpc) is 3.34. The van der Waals surface area contributed by atoms with Crippen LogP contribution in [0.1, 0.15) is 52.7 Å². The molecule has 2 aliphatic rings. The molecule has 0 aromatic heterocycles. The first-order valence-electron chi connectivity index (χ1n) is 15.1. The lowest BCUT2D eigenvalue weighted by Crippen LogP contribution is -2.39. The van der Waals surface area contributed by atoms with Crippen molar-refractivity contribution in [1.29, 1.82) is 0 Å². The molecule has 2 heteroatoms. The van der Waals surface area contributed by atoms with Crippen molar-refractivity contribution in [3.63, 3.8) is 0 Å². The summed E-state index contributed by atoms with van der Waals surface area (Å²) in [4.78, 5) is 5.02. The monoisotopic (exact) mass is 538 g/mol. The lowest BCUT2D eigenvalue weighted by atomic mass is 9.78. The molecule has 4 aromatic rings. The fraction of sp³-hybridized carbons (Fsp3) is 0.282. The van der Waals surface area contributed by atoms with Crippen molar-refractivity contribution >= 4 is 32.9 Å². The molecule has 0 saturated heterocycles. The maximum Gasteiger partial charge on any atom is 0.0568 e. The van der Waals surface area contributed by atoms with Crippen LogP contribution < -0.4 is 9.80 Å². The standard InChI is InChI=1S/C39H42N2/c1-7-40-32-26-24-28-18-14-16-20-30(28)36(32)38(3,4)34(40)22-12-10-9-11-13-23-35-39(5,6)37-31-21-17-15-19-29(31)25-27-33(37)41(35)8-2/h9-27,34H,7-8H2,1-6H3/b10-9+,13-11+,22-12+,35-23+. The number of hydrogen-bond acceptors (Lipinski definition) is 2. The van der Waals surface area contributed by atoms with Gasteiger partial charge in [0, 0.05) is 41.0 Å². The smallest absolute Gasteiger partial charge is 0.0568 e. The summed E-state index contributed by atoms with van der Waals surface area (Å²) in [6.45, 7) is 15.9. The van der Waals surface area contributed by atoms with Crippen LogP contribution in [-0.4, -0.2) is 19.1 Å². The Hall–Kier alpha value is -4.04. The van der Waals surface area contributed by atoms with Crippen molar-refractivity contribution in [2.45, 2.75) is 58.4 Å². The Balaban J connectivity index is 1.22. The fourth-order valence-corrected chi connectivity index (χ4v) is 7.46. The van der Waals surface area contributed by atoms with E-state index in [0.29, 0.717) is 6.04 Å². The summed E-state index contributed by atoms with van der Waals surface area (Å²) in [6, 6.07) is 27.0. The molecule has 0 N–H and O–H groups in total. The van der Waals surface area contributed by atoms with Gasteiger partial charge >= 0.3 is 0 Å². The molecule has 2 nitrogen and oxygen atoms in total. The second-order valence-corrected chi connectivity index (χ2v) is 12.4. The molecule has 0 amide bonds. The zero-order chi connectivity index (χ0) is 28.8. The topological polar surface area (TPSA) is 6.48 Å². The quantitative estimate of drug-likeness (QED) is 0.225. The van der Waals surface area contributed by atoms with Crippen molar-refractivity contribution in [2.75, 3.05) is 22.9 Å². The molecule has 1 atom stereocenters. The van der Waals surface area contributed by atoms with Gasteiger partial charge in [0.05, 0.1) is 6.04 Å². The van der Waals surface area contributed by atoms with Crippen LogP contribution >= 0.6 is 0 Å². The second kappa shape index (κ2) is 10.4. The van der Waals surface area contributed by atoms with Gasteiger partial charge in [-0.15, -0.1) is 0 Å². The Morgan fingerprint density at radius 2 is 1.22 bits per heavy atom. The molecule has 208 valence electrons. The van der Waals surface area contributed by atoms with Crippen molar-refractivity contribution in [3.05, 3.63) is 132 Å². The molecule has 0 fully saturated rings. The number of anilines is 2. The highest BCUT2D eigenvalue weighted by molar-refractivity contribution is 5.95. The third-order valence-electron chi connectivity index (χ3n) is 9.34. The van der Waals surface area contributed by atoms with E-state index in [0.717, 1.165) is 13.1 Å². The lowest BCUT2D eigenvalue weighted by Gasteiger charge is -2.31. The summed E-state index contributed by atoms with van der Waals surface area (Å²) in [7, 11) is 0. The van der Waals surface area contributed by atoms with Crippen LogP contribution in [0.25, 0.3) is 21.5 Å². The zero-order valence-corrected chi connectivity index (χ0v) is 25.4. The molecule has 41 heavy (non-hydrogen) atoms. The van der Waals surface area contributed by atoms with Gasteiger partial charge in [0.2, 0.25) is 0 Å². The third-order valence-corrected chi connectivity index (χ3v) is 9.34. The minimum Gasteiger partial charge on any atom is -0.364 e. The third kappa shape index (κ3) is 4.32. The first-order valence-corrected chi connectivity index (χ1v) is 15.1. The summed E-state index contributed by atoms with van der Waals surface area (Å²) < 4.78 is 0. The van der Waals surface area contributed by atoms with E-state index in [4.69, 9.17) is 0 Å². The molecular formula is C39H42N2. The molecule has 0 spiro atoms. The van der Waals surface area contributed by atoms with Crippen LogP contribution in [0, 0.1) is 0 Å². The molecular weight excluding hydrogens is 496 g/mol. The number of fused-ring (bicyclic) bond motifs is 6. The summed E-state index contributed by atoms with van der Waals surface area (Å²) >= 11 is 0. The number of benzene rings is 4. The van der Waals surface area contributed by atoms with E-state index in [2.05, 4.69) is 167 Å². The number of allylic oxidation sites excluding steroid dienone is 7. The van der Waals surface area contributed by atoms with Crippen LogP contribution in [-0.2, 0) is 10.8 Å². The molecule has 0 aliphatic carbocycles. The first-order chi connectivity index (χ1) is 19.8. The maximum atomic E-state index is 2.55. The van der Waals surface area contributed by atoms with Crippen LogP contribution in [0.5, 0.6) is 0 Å². The van der Waals surface area contributed by atoms with E-state index in [9.17, 15) is 0 Å². The van der Waals surface area contributed by atoms with E-state index in [1.807, 2.05) is 0 Å². The van der Waals surface area contributed by atoms with E-state index >= 15 is 0 Å². The summed E-state index contributed by atoms with van der Waals surface area (Å²) in [5, 5.41) is 5.37.